The van der Waals surface area contributed by atoms with Gasteiger partial charge in [0.15, 0.2) is 20.1 Å². The second-order valence-corrected chi connectivity index (χ2v) is 11.9. The van der Waals surface area contributed by atoms with Crippen LogP contribution in [0.3, 0.4) is 0 Å². The number of benzene rings is 1. The van der Waals surface area contributed by atoms with Crippen LogP contribution in [0.2, 0.25) is 19.6 Å². The summed E-state index contributed by atoms with van der Waals surface area (Å²) >= 11 is 3.34. The molecule has 0 aliphatic rings. The minimum absolute atomic E-state index is 0.181. The molecule has 25 heavy (non-hydrogen) atoms. The number of halogens is 4. The van der Waals surface area contributed by atoms with Gasteiger partial charge in [-0.05, 0) is 44.8 Å². The molecule has 0 amide bonds. The Hall–Kier alpha value is -1.63. The monoisotopic (exact) mass is 431 g/mol. The van der Waals surface area contributed by atoms with E-state index in [0.717, 1.165) is 6.20 Å². The highest BCUT2D eigenvalue weighted by atomic mass is 79.9. The van der Waals surface area contributed by atoms with E-state index in [1.807, 2.05) is 19.6 Å². The van der Waals surface area contributed by atoms with E-state index in [0.29, 0.717) is 15.7 Å². The zero-order valence-corrected chi connectivity index (χ0v) is 16.7. The Morgan fingerprint density at radius 3 is 2.44 bits per heavy atom. The van der Waals surface area contributed by atoms with Crippen LogP contribution in [0.25, 0.3) is 5.69 Å². The van der Waals surface area contributed by atoms with Crippen LogP contribution in [0, 0.1) is 18.3 Å². The molecule has 0 N–H and O–H groups in total. The van der Waals surface area contributed by atoms with Gasteiger partial charge in [0, 0.05) is 16.2 Å². The van der Waals surface area contributed by atoms with Crippen molar-refractivity contribution in [3.8, 4) is 11.8 Å². The van der Waals surface area contributed by atoms with Crippen molar-refractivity contribution >= 4 is 24.2 Å². The summed E-state index contributed by atoms with van der Waals surface area (Å²) in [5, 5.41) is 9.54. The number of aromatic nitrogens is 2. The van der Waals surface area contributed by atoms with Crippen LogP contribution in [0.4, 0.5) is 13.2 Å². The highest BCUT2D eigenvalue weighted by Gasteiger charge is 2.35. The number of aryl methyl sites for hydroxylation is 1. The van der Waals surface area contributed by atoms with E-state index in [1.165, 1.54) is 11.5 Å². The van der Waals surface area contributed by atoms with Crippen molar-refractivity contribution < 1.29 is 17.6 Å². The third kappa shape index (κ3) is 4.71. The third-order valence-electron chi connectivity index (χ3n) is 3.29. The lowest BCUT2D eigenvalue weighted by atomic mass is 10.1. The second-order valence-electron chi connectivity index (χ2n) is 6.48. The standard InChI is InChI=1S/C16H17BrF3N3OSi/c1-10-22-15(16(18,19)20)9-23(10)13-6-5-11(17)7-12(13)14(8-21)24-25(2,3)4/h5-7,9,14H,1-4H3. The molecule has 1 unspecified atom stereocenters. The van der Waals surface area contributed by atoms with E-state index >= 15 is 0 Å². The van der Waals surface area contributed by atoms with Crippen molar-refractivity contribution in [1.29, 1.82) is 5.26 Å². The summed E-state index contributed by atoms with van der Waals surface area (Å²) in [7, 11) is -2.05. The van der Waals surface area contributed by atoms with Gasteiger partial charge in [-0.2, -0.15) is 18.4 Å². The summed E-state index contributed by atoms with van der Waals surface area (Å²) in [6.45, 7) is 7.32. The molecule has 2 aromatic rings. The number of hydrogen-bond donors (Lipinski definition) is 0. The van der Waals surface area contributed by atoms with Gasteiger partial charge in [0.2, 0.25) is 0 Å². The van der Waals surface area contributed by atoms with Gasteiger partial charge in [-0.3, -0.25) is 0 Å². The highest BCUT2D eigenvalue weighted by Crippen LogP contribution is 2.33. The van der Waals surface area contributed by atoms with Crippen molar-refractivity contribution in [3.05, 3.63) is 46.0 Å². The van der Waals surface area contributed by atoms with Crippen molar-refractivity contribution in [2.24, 2.45) is 0 Å². The lowest BCUT2D eigenvalue weighted by Gasteiger charge is -2.24. The first-order valence-electron chi connectivity index (χ1n) is 7.43. The Morgan fingerprint density at radius 2 is 1.96 bits per heavy atom. The van der Waals surface area contributed by atoms with Crippen LogP contribution in [-0.2, 0) is 10.6 Å². The maximum Gasteiger partial charge on any atom is 0.434 e. The van der Waals surface area contributed by atoms with E-state index in [2.05, 4.69) is 27.0 Å². The molecule has 0 aliphatic carbocycles. The number of nitriles is 1. The van der Waals surface area contributed by atoms with Gasteiger partial charge in [-0.1, -0.05) is 15.9 Å². The molecule has 0 spiro atoms. The third-order valence-corrected chi connectivity index (χ3v) is 4.73. The van der Waals surface area contributed by atoms with E-state index in [4.69, 9.17) is 4.43 Å². The molecule has 0 saturated carbocycles. The molecule has 0 radical (unpaired) electrons. The van der Waals surface area contributed by atoms with E-state index < -0.39 is 26.3 Å². The Morgan fingerprint density at radius 1 is 1.32 bits per heavy atom. The minimum atomic E-state index is -4.53. The Labute approximate surface area is 153 Å². The minimum Gasteiger partial charge on any atom is -0.399 e. The molecule has 1 aromatic heterocycles. The molecule has 0 saturated heterocycles. The zero-order valence-electron chi connectivity index (χ0n) is 14.1. The van der Waals surface area contributed by atoms with Crippen LogP contribution < -0.4 is 0 Å². The molecule has 4 nitrogen and oxygen atoms in total. The van der Waals surface area contributed by atoms with Gasteiger partial charge in [-0.15, -0.1) is 0 Å². The van der Waals surface area contributed by atoms with Gasteiger partial charge < -0.3 is 8.99 Å². The summed E-state index contributed by atoms with van der Waals surface area (Å²) in [6, 6.07) is 7.14. The van der Waals surface area contributed by atoms with Gasteiger partial charge in [0.05, 0.1) is 11.8 Å². The van der Waals surface area contributed by atoms with E-state index in [9.17, 15) is 18.4 Å². The number of hydrogen-bond acceptors (Lipinski definition) is 3. The molecule has 0 aliphatic heterocycles. The Bertz CT molecular complexity index is 821. The fraction of sp³-hybridized carbons (Fsp3) is 0.375. The molecule has 1 aromatic carbocycles. The SMILES string of the molecule is Cc1nc(C(F)(F)F)cn1-c1ccc(Br)cc1C(C#N)O[Si](C)(C)C. The number of rotatable bonds is 4. The predicted molar refractivity (Wildman–Crippen MR) is 93.8 cm³/mol. The molecular weight excluding hydrogens is 415 g/mol. The quantitative estimate of drug-likeness (QED) is 0.610. The van der Waals surface area contributed by atoms with Gasteiger partial charge in [0.1, 0.15) is 5.82 Å². The van der Waals surface area contributed by atoms with Crippen LogP contribution in [0.15, 0.2) is 28.9 Å². The van der Waals surface area contributed by atoms with Crippen LogP contribution in [-0.4, -0.2) is 17.9 Å². The summed E-state index contributed by atoms with van der Waals surface area (Å²) in [5.41, 5.74) is -0.0412. The van der Waals surface area contributed by atoms with Crippen LogP contribution in [0.1, 0.15) is 23.2 Å². The number of imidazole rings is 1. The Kier molecular flexibility index (Phi) is 5.46. The highest BCUT2D eigenvalue weighted by molar-refractivity contribution is 9.10. The Balaban J connectivity index is 2.61. The molecule has 0 fully saturated rings. The predicted octanol–water partition coefficient (Wildman–Crippen LogP) is 5.38. The van der Waals surface area contributed by atoms with Crippen LogP contribution >= 0.6 is 15.9 Å². The molecular formula is C16H17BrF3N3OSi. The zero-order chi connectivity index (χ0) is 19.0. The molecule has 9 heteroatoms. The summed E-state index contributed by atoms with van der Waals surface area (Å²) in [4.78, 5) is 3.59. The maximum atomic E-state index is 13.0. The lowest BCUT2D eigenvalue weighted by Crippen LogP contribution is -2.28. The molecule has 0 bridgehead atoms. The van der Waals surface area contributed by atoms with Crippen molar-refractivity contribution in [1.82, 2.24) is 9.55 Å². The summed E-state index contributed by atoms with van der Waals surface area (Å²) in [6.07, 6.45) is -4.48. The average Bonchev–Trinajstić information content (AvgIpc) is 2.86. The van der Waals surface area contributed by atoms with Crippen molar-refractivity contribution in [2.45, 2.75) is 38.8 Å². The molecule has 2 rings (SSSR count). The number of nitrogens with zero attached hydrogens (tertiary/aromatic N) is 3. The largest absolute Gasteiger partial charge is 0.434 e. The van der Waals surface area contributed by atoms with Gasteiger partial charge >= 0.3 is 6.18 Å². The lowest BCUT2D eigenvalue weighted by molar-refractivity contribution is -0.141. The van der Waals surface area contributed by atoms with E-state index in [1.54, 1.807) is 18.2 Å². The first-order valence-corrected chi connectivity index (χ1v) is 11.6. The molecule has 1 atom stereocenters. The summed E-state index contributed by atoms with van der Waals surface area (Å²) in [5.74, 6) is 0.181. The fourth-order valence-corrected chi connectivity index (χ4v) is 3.59. The van der Waals surface area contributed by atoms with Crippen LogP contribution in [0.5, 0.6) is 0 Å². The molecule has 1 heterocycles. The topological polar surface area (TPSA) is 50.8 Å². The first kappa shape index (κ1) is 19.7. The number of alkyl halides is 3. The van der Waals surface area contributed by atoms with Gasteiger partial charge in [0.25, 0.3) is 0 Å². The second kappa shape index (κ2) is 6.94. The van der Waals surface area contributed by atoms with E-state index in [-0.39, 0.29) is 5.82 Å². The van der Waals surface area contributed by atoms with Crippen molar-refractivity contribution in [2.75, 3.05) is 0 Å². The smallest absolute Gasteiger partial charge is 0.399 e. The first-order chi connectivity index (χ1) is 11.4. The van der Waals surface area contributed by atoms with Gasteiger partial charge in [-0.25, -0.2) is 4.98 Å². The normalized spacial score (nSPS) is 13.6. The summed E-state index contributed by atoms with van der Waals surface area (Å²) < 4.78 is 46.8. The molecule has 134 valence electrons. The average molecular weight is 432 g/mol. The maximum absolute atomic E-state index is 13.0. The van der Waals surface area contributed by atoms with Crippen molar-refractivity contribution in [3.63, 3.8) is 0 Å². The fourth-order valence-electron chi connectivity index (χ4n) is 2.32.